The highest BCUT2D eigenvalue weighted by Crippen LogP contribution is 2.36. The van der Waals surface area contributed by atoms with Crippen LogP contribution in [0.5, 0.6) is 0 Å². The summed E-state index contributed by atoms with van der Waals surface area (Å²) < 4.78 is 4.09. The molecule has 15 heavy (non-hydrogen) atoms. The van der Waals surface area contributed by atoms with E-state index in [1.54, 1.807) is 0 Å². The third-order valence-electron chi connectivity index (χ3n) is 2.70. The maximum Gasteiger partial charge on any atom is 0.322 e. The molecule has 0 bridgehead atoms. The number of hydrogen-bond acceptors (Lipinski definition) is 2. The molecule has 2 atom stereocenters. The molecule has 0 amide bonds. The van der Waals surface area contributed by atoms with Crippen molar-refractivity contribution in [3.05, 3.63) is 35.9 Å². The molecule has 82 valence electrons. The largest absolute Gasteiger partial charge is 0.468 e. The zero-order chi connectivity index (χ0) is 11.5. The van der Waals surface area contributed by atoms with Gasteiger partial charge >= 0.3 is 5.97 Å². The van der Waals surface area contributed by atoms with Gasteiger partial charge in [-0.05, 0) is 12.5 Å². The molecule has 0 aliphatic rings. The third-order valence-corrected chi connectivity index (χ3v) is 3.71. The number of esters is 1. The molecule has 1 aromatic carbocycles. The maximum absolute atomic E-state index is 11.6. The average molecular weight is 271 g/mol. The lowest BCUT2D eigenvalue weighted by Gasteiger charge is -2.27. The number of alkyl halides is 1. The van der Waals surface area contributed by atoms with Crippen molar-refractivity contribution in [3.8, 4) is 0 Å². The molecular weight excluding hydrogens is 256 g/mol. The highest BCUT2D eigenvalue weighted by molar-refractivity contribution is 9.10. The molecule has 0 saturated heterocycles. The van der Waals surface area contributed by atoms with Crippen molar-refractivity contribution in [2.24, 2.45) is 0 Å². The Morgan fingerprint density at radius 1 is 1.40 bits per heavy atom. The van der Waals surface area contributed by atoms with Gasteiger partial charge in [-0.1, -0.05) is 53.2 Å². The molecule has 1 aromatic rings. The number of methoxy groups -OCH3 is 1. The molecule has 0 unspecified atom stereocenters. The van der Waals surface area contributed by atoms with Crippen molar-refractivity contribution in [3.63, 3.8) is 0 Å². The Labute approximate surface area is 98.8 Å². The molecule has 2 nitrogen and oxygen atoms in total. The first-order chi connectivity index (χ1) is 7.00. The van der Waals surface area contributed by atoms with E-state index >= 15 is 0 Å². The maximum atomic E-state index is 11.6. The topological polar surface area (TPSA) is 26.3 Å². The minimum atomic E-state index is -0.677. The number of benzene rings is 1. The Morgan fingerprint density at radius 2 is 1.93 bits per heavy atom. The van der Waals surface area contributed by atoms with Gasteiger partial charge in [0.25, 0.3) is 0 Å². The minimum absolute atomic E-state index is 0.0612. The van der Waals surface area contributed by atoms with Crippen LogP contribution in [0.1, 0.15) is 25.3 Å². The monoisotopic (exact) mass is 270 g/mol. The summed E-state index contributed by atoms with van der Waals surface area (Å²) in [4.78, 5) is 11.6. The molecule has 3 heteroatoms. The van der Waals surface area contributed by atoms with Crippen molar-refractivity contribution in [2.45, 2.75) is 24.1 Å². The van der Waals surface area contributed by atoms with Crippen molar-refractivity contribution in [1.29, 1.82) is 0 Å². The van der Waals surface area contributed by atoms with Crippen molar-refractivity contribution < 1.29 is 9.53 Å². The van der Waals surface area contributed by atoms with E-state index < -0.39 is 4.32 Å². The summed E-state index contributed by atoms with van der Waals surface area (Å²) in [7, 11) is 1.40. The molecule has 0 spiro atoms. The first-order valence-corrected chi connectivity index (χ1v) is 5.61. The fraction of sp³-hybridized carbons (Fsp3) is 0.417. The normalized spacial score (nSPS) is 16.5. The lowest BCUT2D eigenvalue weighted by Crippen LogP contribution is -2.35. The number of rotatable bonds is 3. The van der Waals surface area contributed by atoms with Crippen LogP contribution in [0.15, 0.2) is 30.3 Å². The van der Waals surface area contributed by atoms with Gasteiger partial charge in [0.15, 0.2) is 0 Å². The van der Waals surface area contributed by atoms with Crippen LogP contribution < -0.4 is 0 Å². The number of ether oxygens (including phenoxy) is 1. The molecular formula is C12H15BrO2. The van der Waals surface area contributed by atoms with Gasteiger partial charge < -0.3 is 4.74 Å². The molecule has 0 radical (unpaired) electrons. The van der Waals surface area contributed by atoms with E-state index in [2.05, 4.69) is 15.9 Å². The van der Waals surface area contributed by atoms with E-state index in [0.29, 0.717) is 0 Å². The molecule has 0 aliphatic heterocycles. The Kier molecular flexibility index (Phi) is 3.91. The van der Waals surface area contributed by atoms with Crippen LogP contribution in [-0.2, 0) is 9.53 Å². The summed E-state index contributed by atoms with van der Waals surface area (Å²) in [6.07, 6.45) is 0. The Bertz CT molecular complexity index is 333. The zero-order valence-electron chi connectivity index (χ0n) is 9.16. The van der Waals surface area contributed by atoms with Crippen molar-refractivity contribution in [1.82, 2.24) is 0 Å². The van der Waals surface area contributed by atoms with Crippen LogP contribution in [0.2, 0.25) is 0 Å². The summed E-state index contributed by atoms with van der Waals surface area (Å²) >= 11 is 3.44. The molecule has 0 aromatic heterocycles. The Balaban J connectivity index is 2.94. The van der Waals surface area contributed by atoms with E-state index in [1.165, 1.54) is 7.11 Å². The predicted molar refractivity (Wildman–Crippen MR) is 64.2 cm³/mol. The van der Waals surface area contributed by atoms with Crippen LogP contribution in [0, 0.1) is 0 Å². The average Bonchev–Trinajstić information content (AvgIpc) is 2.28. The van der Waals surface area contributed by atoms with Gasteiger partial charge in [-0.25, -0.2) is 0 Å². The number of carbonyl (C=O) groups is 1. The highest BCUT2D eigenvalue weighted by atomic mass is 79.9. The van der Waals surface area contributed by atoms with Crippen molar-refractivity contribution in [2.75, 3.05) is 7.11 Å². The fourth-order valence-corrected chi connectivity index (χ4v) is 1.86. The predicted octanol–water partition coefficient (Wildman–Crippen LogP) is 3.12. The zero-order valence-corrected chi connectivity index (χ0v) is 10.7. The van der Waals surface area contributed by atoms with Crippen LogP contribution >= 0.6 is 15.9 Å². The van der Waals surface area contributed by atoms with E-state index in [1.807, 2.05) is 44.2 Å². The summed E-state index contributed by atoms with van der Waals surface area (Å²) in [6, 6.07) is 9.90. The second-order valence-corrected chi connectivity index (χ2v) is 5.35. The van der Waals surface area contributed by atoms with Crippen LogP contribution in [-0.4, -0.2) is 17.4 Å². The van der Waals surface area contributed by atoms with Gasteiger partial charge in [-0.15, -0.1) is 0 Å². The molecule has 0 aliphatic carbocycles. The van der Waals surface area contributed by atoms with Crippen molar-refractivity contribution >= 4 is 21.9 Å². The molecule has 0 fully saturated rings. The van der Waals surface area contributed by atoms with E-state index in [9.17, 15) is 4.79 Å². The number of carbonyl (C=O) groups excluding carboxylic acids is 1. The molecule has 0 saturated carbocycles. The number of hydrogen-bond donors (Lipinski definition) is 0. The number of halogens is 1. The Morgan fingerprint density at radius 3 is 2.40 bits per heavy atom. The highest BCUT2D eigenvalue weighted by Gasteiger charge is 2.37. The summed E-state index contributed by atoms with van der Waals surface area (Å²) in [5, 5.41) is 0. The Hall–Kier alpha value is -0.830. The second-order valence-electron chi connectivity index (χ2n) is 3.70. The van der Waals surface area contributed by atoms with E-state index in [0.717, 1.165) is 5.56 Å². The first-order valence-electron chi connectivity index (χ1n) is 4.82. The second kappa shape index (κ2) is 4.79. The quantitative estimate of drug-likeness (QED) is 0.623. The van der Waals surface area contributed by atoms with Gasteiger partial charge in [0, 0.05) is 5.92 Å². The van der Waals surface area contributed by atoms with Gasteiger partial charge in [-0.3, -0.25) is 4.79 Å². The van der Waals surface area contributed by atoms with Crippen LogP contribution in [0.25, 0.3) is 0 Å². The van der Waals surface area contributed by atoms with Crippen LogP contribution in [0.4, 0.5) is 0 Å². The molecule has 0 heterocycles. The lowest BCUT2D eigenvalue weighted by molar-refractivity contribution is -0.143. The van der Waals surface area contributed by atoms with Gasteiger partial charge in [0.05, 0.1) is 7.11 Å². The molecule has 0 N–H and O–H groups in total. The van der Waals surface area contributed by atoms with E-state index in [4.69, 9.17) is 4.74 Å². The fourth-order valence-electron chi connectivity index (χ4n) is 1.43. The standard InChI is InChI=1S/C12H15BrO2/c1-9(10-7-5-4-6-8-10)12(2,13)11(14)15-3/h4-9H,1-3H3/t9-,12-/m0/s1. The smallest absolute Gasteiger partial charge is 0.322 e. The summed E-state index contributed by atoms with van der Waals surface area (Å²) in [6.45, 7) is 3.83. The summed E-state index contributed by atoms with van der Waals surface area (Å²) in [5.74, 6) is -0.190. The third kappa shape index (κ3) is 2.59. The van der Waals surface area contributed by atoms with E-state index in [-0.39, 0.29) is 11.9 Å². The van der Waals surface area contributed by atoms with Crippen LogP contribution in [0.3, 0.4) is 0 Å². The minimum Gasteiger partial charge on any atom is -0.468 e. The van der Waals surface area contributed by atoms with Gasteiger partial charge in [0.1, 0.15) is 4.32 Å². The summed E-state index contributed by atoms with van der Waals surface area (Å²) in [5.41, 5.74) is 1.11. The SMILES string of the molecule is COC(=O)[C@@](C)(Br)[C@@H](C)c1ccccc1. The van der Waals surface area contributed by atoms with Gasteiger partial charge in [-0.2, -0.15) is 0 Å². The lowest BCUT2D eigenvalue weighted by atomic mass is 9.89. The van der Waals surface area contributed by atoms with Gasteiger partial charge in [0.2, 0.25) is 0 Å². The molecule has 1 rings (SSSR count). The first kappa shape index (κ1) is 12.2.